The lowest BCUT2D eigenvalue weighted by Crippen LogP contribution is -2.38. The van der Waals surface area contributed by atoms with Crippen molar-refractivity contribution in [2.45, 2.75) is 44.6 Å². The van der Waals surface area contributed by atoms with Crippen LogP contribution in [0.25, 0.3) is 0 Å². The molecule has 1 aromatic heterocycles. The normalized spacial score (nSPS) is 16.9. The van der Waals surface area contributed by atoms with Gasteiger partial charge in [0.15, 0.2) is 0 Å². The zero-order valence-electron chi connectivity index (χ0n) is 13.9. The largest absolute Gasteiger partial charge is 0.344 e. The van der Waals surface area contributed by atoms with Crippen molar-refractivity contribution in [2.75, 3.05) is 20.6 Å². The van der Waals surface area contributed by atoms with Crippen LogP contribution >= 0.6 is 12.4 Å². The maximum Gasteiger partial charge on any atom is 0.244 e. The fourth-order valence-corrected chi connectivity index (χ4v) is 3.20. The van der Waals surface area contributed by atoms with Crippen LogP contribution in [-0.2, 0) is 11.8 Å². The van der Waals surface area contributed by atoms with Gasteiger partial charge in [-0.05, 0) is 19.4 Å². The zero-order valence-corrected chi connectivity index (χ0v) is 14.7. The fraction of sp³-hybridized carbons (Fsp3) is 0.750. The first kappa shape index (κ1) is 19.0. The van der Waals surface area contributed by atoms with Crippen LogP contribution in [-0.4, -0.2) is 41.2 Å². The van der Waals surface area contributed by atoms with Crippen molar-refractivity contribution < 1.29 is 4.79 Å². The molecule has 126 valence electrons. The second kappa shape index (κ2) is 9.16. The maximum atomic E-state index is 12.6. The molecular formula is C16H29ClN4O. The van der Waals surface area contributed by atoms with Gasteiger partial charge >= 0.3 is 0 Å². The monoisotopic (exact) mass is 328 g/mol. The lowest BCUT2D eigenvalue weighted by molar-refractivity contribution is -0.132. The van der Waals surface area contributed by atoms with E-state index in [1.807, 2.05) is 32.2 Å². The van der Waals surface area contributed by atoms with E-state index in [0.717, 1.165) is 24.4 Å². The number of hydrogen-bond donors (Lipinski definition) is 1. The Kier molecular flexibility index (Phi) is 7.90. The van der Waals surface area contributed by atoms with Crippen LogP contribution in [0.15, 0.2) is 12.4 Å². The smallest absolute Gasteiger partial charge is 0.244 e. The Balaban J connectivity index is 0.00000242. The first-order chi connectivity index (χ1) is 10.1. The molecule has 1 atom stereocenters. The van der Waals surface area contributed by atoms with Crippen LogP contribution in [0, 0.1) is 5.92 Å². The molecule has 0 spiro atoms. The van der Waals surface area contributed by atoms with Gasteiger partial charge in [-0.25, -0.2) is 0 Å². The summed E-state index contributed by atoms with van der Waals surface area (Å²) >= 11 is 0. The molecule has 5 nitrogen and oxygen atoms in total. The summed E-state index contributed by atoms with van der Waals surface area (Å²) in [6.07, 6.45) is 11.6. The standard InChI is InChI=1S/C16H28N4O.ClH/c1-17-15(14-11-18-20(3)12-14)16(21)19(2)10-9-13-7-5-4-6-8-13;/h11-13,15,17H,4-10H2,1-3H3;1H. The molecule has 22 heavy (non-hydrogen) atoms. The Morgan fingerprint density at radius 2 is 2.14 bits per heavy atom. The van der Waals surface area contributed by atoms with E-state index in [2.05, 4.69) is 10.4 Å². The minimum Gasteiger partial charge on any atom is -0.344 e. The lowest BCUT2D eigenvalue weighted by atomic mass is 9.87. The number of halogens is 1. The summed E-state index contributed by atoms with van der Waals surface area (Å²) in [5.74, 6) is 0.932. The molecule has 1 aliphatic rings. The van der Waals surface area contributed by atoms with Crippen LogP contribution in [0.3, 0.4) is 0 Å². The molecule has 0 saturated heterocycles. The second-order valence-corrected chi connectivity index (χ2v) is 6.22. The summed E-state index contributed by atoms with van der Waals surface area (Å²) in [5, 5.41) is 7.26. The highest BCUT2D eigenvalue weighted by Crippen LogP contribution is 2.26. The zero-order chi connectivity index (χ0) is 15.2. The first-order valence-corrected chi connectivity index (χ1v) is 8.02. The number of carbonyl (C=O) groups excluding carboxylic acids is 1. The summed E-state index contributed by atoms with van der Waals surface area (Å²) in [5.41, 5.74) is 0.925. The Labute approximate surface area is 139 Å². The average molecular weight is 329 g/mol. The van der Waals surface area contributed by atoms with E-state index >= 15 is 0 Å². The Morgan fingerprint density at radius 1 is 1.45 bits per heavy atom. The molecule has 1 aromatic rings. The van der Waals surface area contributed by atoms with Gasteiger partial charge in [-0.15, -0.1) is 12.4 Å². The van der Waals surface area contributed by atoms with E-state index in [0.29, 0.717) is 0 Å². The third-order valence-corrected chi connectivity index (χ3v) is 4.57. The van der Waals surface area contributed by atoms with Gasteiger partial charge in [0.2, 0.25) is 5.91 Å². The second-order valence-electron chi connectivity index (χ2n) is 6.22. The van der Waals surface area contributed by atoms with Crippen LogP contribution in [0.1, 0.15) is 50.1 Å². The van der Waals surface area contributed by atoms with Crippen molar-refractivity contribution >= 4 is 18.3 Å². The Bertz CT molecular complexity index is 457. The minimum atomic E-state index is -0.296. The molecular weight excluding hydrogens is 300 g/mol. The Morgan fingerprint density at radius 3 is 2.68 bits per heavy atom. The van der Waals surface area contributed by atoms with E-state index in [1.54, 1.807) is 10.9 Å². The van der Waals surface area contributed by atoms with Gasteiger partial charge in [0, 0.05) is 32.4 Å². The Hall–Kier alpha value is -1.07. The van der Waals surface area contributed by atoms with Crippen LogP contribution in [0.5, 0.6) is 0 Å². The van der Waals surface area contributed by atoms with Gasteiger partial charge in [-0.1, -0.05) is 32.1 Å². The number of aryl methyl sites for hydroxylation is 1. The van der Waals surface area contributed by atoms with Crippen molar-refractivity contribution in [3.05, 3.63) is 18.0 Å². The van der Waals surface area contributed by atoms with Gasteiger partial charge in [0.05, 0.1) is 6.20 Å². The highest BCUT2D eigenvalue weighted by Gasteiger charge is 2.24. The van der Waals surface area contributed by atoms with Gasteiger partial charge in [-0.2, -0.15) is 5.10 Å². The van der Waals surface area contributed by atoms with E-state index < -0.39 is 0 Å². The molecule has 1 saturated carbocycles. The SMILES string of the molecule is CNC(C(=O)N(C)CCC1CCCCC1)c1cnn(C)c1.Cl. The topological polar surface area (TPSA) is 50.2 Å². The van der Waals surface area contributed by atoms with Crippen LogP contribution in [0.4, 0.5) is 0 Å². The molecule has 0 radical (unpaired) electrons. The summed E-state index contributed by atoms with van der Waals surface area (Å²) in [6, 6.07) is -0.296. The molecule has 6 heteroatoms. The predicted octanol–water partition coefficient (Wildman–Crippen LogP) is 2.53. The molecule has 2 rings (SSSR count). The molecule has 1 heterocycles. The summed E-state index contributed by atoms with van der Waals surface area (Å²) in [7, 11) is 5.60. The molecule has 1 aliphatic carbocycles. The first-order valence-electron chi connectivity index (χ1n) is 8.02. The molecule has 0 aliphatic heterocycles. The molecule has 1 amide bonds. The van der Waals surface area contributed by atoms with Gasteiger partial charge in [0.1, 0.15) is 6.04 Å². The number of nitrogens with one attached hydrogen (secondary N) is 1. The molecule has 0 bridgehead atoms. The van der Waals surface area contributed by atoms with Crippen molar-refractivity contribution in [3.63, 3.8) is 0 Å². The third-order valence-electron chi connectivity index (χ3n) is 4.57. The third kappa shape index (κ3) is 4.99. The number of amides is 1. The van der Waals surface area contributed by atoms with Crippen molar-refractivity contribution in [1.82, 2.24) is 20.0 Å². The number of carbonyl (C=O) groups is 1. The number of aromatic nitrogens is 2. The van der Waals surface area contributed by atoms with Crippen LogP contribution < -0.4 is 5.32 Å². The van der Waals surface area contributed by atoms with Crippen molar-refractivity contribution in [2.24, 2.45) is 13.0 Å². The molecule has 1 unspecified atom stereocenters. The predicted molar refractivity (Wildman–Crippen MR) is 91.1 cm³/mol. The number of nitrogens with zero attached hydrogens (tertiary/aromatic N) is 3. The maximum absolute atomic E-state index is 12.6. The van der Waals surface area contributed by atoms with Gasteiger partial charge in [-0.3, -0.25) is 9.48 Å². The number of likely N-dealkylation sites (N-methyl/N-ethyl adjacent to an activating group) is 2. The summed E-state index contributed by atoms with van der Waals surface area (Å²) in [6.45, 7) is 0.849. The molecule has 0 aromatic carbocycles. The highest BCUT2D eigenvalue weighted by molar-refractivity contribution is 5.85. The fourth-order valence-electron chi connectivity index (χ4n) is 3.20. The highest BCUT2D eigenvalue weighted by atomic mass is 35.5. The van der Waals surface area contributed by atoms with Crippen LogP contribution in [0.2, 0.25) is 0 Å². The lowest BCUT2D eigenvalue weighted by Gasteiger charge is -2.27. The number of rotatable bonds is 6. The van der Waals surface area contributed by atoms with Crippen molar-refractivity contribution in [1.29, 1.82) is 0 Å². The van der Waals surface area contributed by atoms with E-state index in [9.17, 15) is 4.79 Å². The average Bonchev–Trinajstić information content (AvgIpc) is 2.92. The summed E-state index contributed by atoms with van der Waals surface area (Å²) < 4.78 is 1.73. The van der Waals surface area contributed by atoms with E-state index in [4.69, 9.17) is 0 Å². The van der Waals surface area contributed by atoms with Gasteiger partial charge < -0.3 is 10.2 Å². The number of hydrogen-bond acceptors (Lipinski definition) is 3. The minimum absolute atomic E-state index is 0. The summed E-state index contributed by atoms with van der Waals surface area (Å²) in [4.78, 5) is 14.4. The van der Waals surface area contributed by atoms with E-state index in [-0.39, 0.29) is 24.4 Å². The van der Waals surface area contributed by atoms with E-state index in [1.165, 1.54) is 32.1 Å². The molecule has 1 fully saturated rings. The quantitative estimate of drug-likeness (QED) is 0.873. The van der Waals surface area contributed by atoms with Gasteiger partial charge in [0.25, 0.3) is 0 Å². The molecule has 1 N–H and O–H groups in total. The van der Waals surface area contributed by atoms with Crippen molar-refractivity contribution in [3.8, 4) is 0 Å².